The van der Waals surface area contributed by atoms with Gasteiger partial charge in [-0.3, -0.25) is 9.36 Å². The van der Waals surface area contributed by atoms with E-state index in [1.165, 1.54) is 23.5 Å². The Kier molecular flexibility index (Phi) is 8.18. The molecule has 0 spiro atoms. The summed E-state index contributed by atoms with van der Waals surface area (Å²) in [6.45, 7) is 4.20. The van der Waals surface area contributed by atoms with Gasteiger partial charge in [0.1, 0.15) is 23.4 Å². The van der Waals surface area contributed by atoms with Crippen LogP contribution in [-0.2, 0) is 16.1 Å². The Morgan fingerprint density at radius 2 is 1.77 bits per heavy atom. The van der Waals surface area contributed by atoms with E-state index < -0.39 is 12.0 Å². The molecule has 4 aromatic carbocycles. The number of para-hydroxylation sites is 1. The van der Waals surface area contributed by atoms with E-state index in [0.717, 1.165) is 32.8 Å². The molecule has 0 amide bonds. The van der Waals surface area contributed by atoms with Gasteiger partial charge in [-0.05, 0) is 72.7 Å². The highest BCUT2D eigenvalue weighted by Crippen LogP contribution is 2.41. The maximum atomic E-state index is 14.6. The molecule has 7 rings (SSSR count). The Labute approximate surface area is 279 Å². The zero-order valence-electron chi connectivity index (χ0n) is 26.8. The molecular formula is C38H32FN3O5S. The minimum Gasteiger partial charge on any atom is -0.497 e. The first-order valence-electron chi connectivity index (χ1n) is 15.5. The Bertz CT molecular complexity index is 2430. The van der Waals surface area contributed by atoms with E-state index in [1.807, 2.05) is 66.9 Å². The van der Waals surface area contributed by atoms with Crippen LogP contribution in [0.5, 0.6) is 11.5 Å². The number of hydrogen-bond acceptors (Lipinski definition) is 7. The van der Waals surface area contributed by atoms with Crippen LogP contribution in [0.1, 0.15) is 36.6 Å². The molecule has 0 N–H and O–H groups in total. The lowest BCUT2D eigenvalue weighted by molar-refractivity contribution is -0.139. The lowest BCUT2D eigenvalue weighted by Gasteiger charge is -2.27. The summed E-state index contributed by atoms with van der Waals surface area (Å²) in [5.41, 5.74) is 3.84. The monoisotopic (exact) mass is 661 g/mol. The minimum absolute atomic E-state index is 0.162. The smallest absolute Gasteiger partial charge is 0.338 e. The maximum Gasteiger partial charge on any atom is 0.338 e. The quantitative estimate of drug-likeness (QED) is 0.184. The van der Waals surface area contributed by atoms with Gasteiger partial charge in [0.15, 0.2) is 4.80 Å². The number of rotatable bonds is 8. The van der Waals surface area contributed by atoms with Crippen molar-refractivity contribution in [3.63, 3.8) is 0 Å². The fourth-order valence-corrected chi connectivity index (χ4v) is 7.44. The number of ether oxygens (including phenoxy) is 3. The molecule has 0 saturated carbocycles. The van der Waals surface area contributed by atoms with Crippen molar-refractivity contribution in [2.75, 3.05) is 20.8 Å². The molecule has 2 aromatic heterocycles. The highest BCUT2D eigenvalue weighted by atomic mass is 32.1. The third kappa shape index (κ3) is 5.37. The number of allylic oxidation sites excluding steroid dienone is 1. The van der Waals surface area contributed by atoms with E-state index in [4.69, 9.17) is 19.2 Å². The standard InChI is InChI=1S/C38H32FN3O5S/c1-5-47-37(44)33-22(2)40-38-42(35(33)34-29-19-27(45-3)16-12-24(29)13-17-31(34)46-4)36(43)32(48-38)18-25-21-41(30-9-7-6-8-28(25)30)20-23-10-14-26(39)15-11-23/h6-19,21,35H,5,20H2,1-4H3/b32-18-/t35-/m0/s1. The fourth-order valence-electron chi connectivity index (χ4n) is 6.40. The summed E-state index contributed by atoms with van der Waals surface area (Å²) in [4.78, 5) is 33.4. The molecule has 0 unspecified atom stereocenters. The number of carbonyl (C=O) groups is 1. The van der Waals surface area contributed by atoms with Crippen molar-refractivity contribution in [1.82, 2.24) is 9.13 Å². The molecule has 6 aromatic rings. The van der Waals surface area contributed by atoms with Crippen LogP contribution in [0.2, 0.25) is 0 Å². The van der Waals surface area contributed by atoms with Crippen molar-refractivity contribution in [2.24, 2.45) is 4.99 Å². The normalized spacial score (nSPS) is 14.7. The third-order valence-electron chi connectivity index (χ3n) is 8.61. The predicted molar refractivity (Wildman–Crippen MR) is 185 cm³/mol. The van der Waals surface area contributed by atoms with Crippen LogP contribution in [0, 0.1) is 5.82 Å². The maximum absolute atomic E-state index is 14.6. The Morgan fingerprint density at radius 3 is 2.52 bits per heavy atom. The Balaban J connectivity index is 1.46. The molecule has 0 radical (unpaired) electrons. The highest BCUT2D eigenvalue weighted by Gasteiger charge is 2.36. The number of esters is 1. The number of nitrogens with zero attached hydrogens (tertiary/aromatic N) is 3. The molecule has 0 fully saturated rings. The van der Waals surface area contributed by atoms with E-state index in [2.05, 4.69) is 4.57 Å². The number of carbonyl (C=O) groups excluding carboxylic acids is 1. The van der Waals surface area contributed by atoms with Crippen molar-refractivity contribution in [1.29, 1.82) is 0 Å². The van der Waals surface area contributed by atoms with Crippen LogP contribution in [0.15, 0.2) is 106 Å². The van der Waals surface area contributed by atoms with E-state index in [1.54, 1.807) is 44.8 Å². The number of thiazole rings is 1. The minimum atomic E-state index is -0.881. The topological polar surface area (TPSA) is 84.1 Å². The molecule has 1 atom stereocenters. The molecule has 1 aliphatic heterocycles. The van der Waals surface area contributed by atoms with Crippen molar-refractivity contribution < 1.29 is 23.4 Å². The highest BCUT2D eigenvalue weighted by molar-refractivity contribution is 7.07. The zero-order valence-corrected chi connectivity index (χ0v) is 27.6. The molecule has 0 aliphatic carbocycles. The van der Waals surface area contributed by atoms with Crippen LogP contribution >= 0.6 is 11.3 Å². The van der Waals surface area contributed by atoms with Gasteiger partial charge in [0.05, 0.1) is 36.6 Å². The molecule has 8 nitrogen and oxygen atoms in total. The van der Waals surface area contributed by atoms with E-state index in [9.17, 15) is 14.0 Å². The molecule has 48 heavy (non-hydrogen) atoms. The van der Waals surface area contributed by atoms with E-state index >= 15 is 0 Å². The number of fused-ring (bicyclic) bond motifs is 3. The second-order valence-electron chi connectivity index (χ2n) is 11.4. The summed E-state index contributed by atoms with van der Waals surface area (Å²) in [6, 6.07) is 23.0. The predicted octanol–water partition coefficient (Wildman–Crippen LogP) is 6.11. The first kappa shape index (κ1) is 31.1. The van der Waals surface area contributed by atoms with Gasteiger partial charge in [-0.1, -0.05) is 53.8 Å². The van der Waals surface area contributed by atoms with Gasteiger partial charge in [-0.2, -0.15) is 0 Å². The lowest BCUT2D eigenvalue weighted by atomic mass is 9.90. The van der Waals surface area contributed by atoms with Crippen LogP contribution in [-0.4, -0.2) is 35.9 Å². The summed E-state index contributed by atoms with van der Waals surface area (Å²) < 4.78 is 34.7. The summed E-state index contributed by atoms with van der Waals surface area (Å²) in [7, 11) is 3.16. The van der Waals surface area contributed by atoms with Gasteiger partial charge in [-0.25, -0.2) is 14.2 Å². The number of methoxy groups -OCH3 is 2. The van der Waals surface area contributed by atoms with Gasteiger partial charge in [-0.15, -0.1) is 0 Å². The third-order valence-corrected chi connectivity index (χ3v) is 9.60. The van der Waals surface area contributed by atoms with Crippen molar-refractivity contribution in [3.05, 3.63) is 139 Å². The SMILES string of the molecule is CCOC(=O)C1=C(C)N=c2s/c(=C\c3cn(Cc4ccc(F)cc4)c4ccccc34)c(=O)n2[C@@H]1c1c(OC)ccc2ccc(OC)cc12. The molecule has 0 saturated heterocycles. The van der Waals surface area contributed by atoms with Crippen molar-refractivity contribution >= 4 is 45.1 Å². The number of aromatic nitrogens is 2. The summed E-state index contributed by atoms with van der Waals surface area (Å²) >= 11 is 1.26. The van der Waals surface area contributed by atoms with E-state index in [-0.39, 0.29) is 23.6 Å². The average Bonchev–Trinajstić information content (AvgIpc) is 3.60. The van der Waals surface area contributed by atoms with E-state index in [0.29, 0.717) is 38.6 Å². The summed E-state index contributed by atoms with van der Waals surface area (Å²) in [5, 5.41) is 2.63. The second kappa shape index (κ2) is 12.6. The van der Waals surface area contributed by atoms with Crippen molar-refractivity contribution in [2.45, 2.75) is 26.4 Å². The van der Waals surface area contributed by atoms with Gasteiger partial charge in [0.25, 0.3) is 5.56 Å². The fraction of sp³-hybridized carbons (Fsp3) is 0.184. The van der Waals surface area contributed by atoms with Crippen LogP contribution in [0.4, 0.5) is 4.39 Å². The number of hydrogen-bond donors (Lipinski definition) is 0. The zero-order chi connectivity index (χ0) is 33.5. The van der Waals surface area contributed by atoms with Crippen LogP contribution in [0.3, 0.4) is 0 Å². The van der Waals surface area contributed by atoms with Gasteiger partial charge in [0.2, 0.25) is 0 Å². The summed E-state index contributed by atoms with van der Waals surface area (Å²) in [6.07, 6.45) is 3.87. The number of benzene rings is 4. The molecule has 10 heteroatoms. The first-order chi connectivity index (χ1) is 23.3. The average molecular weight is 662 g/mol. The second-order valence-corrected chi connectivity index (χ2v) is 12.4. The summed E-state index contributed by atoms with van der Waals surface area (Å²) in [5.74, 6) is 0.298. The van der Waals surface area contributed by atoms with Crippen molar-refractivity contribution in [3.8, 4) is 11.5 Å². The van der Waals surface area contributed by atoms with Gasteiger partial charge in [0, 0.05) is 34.8 Å². The molecule has 1 aliphatic rings. The largest absolute Gasteiger partial charge is 0.497 e. The van der Waals surface area contributed by atoms with Crippen LogP contribution < -0.4 is 24.4 Å². The van der Waals surface area contributed by atoms with Crippen LogP contribution in [0.25, 0.3) is 27.8 Å². The Morgan fingerprint density at radius 1 is 1.00 bits per heavy atom. The van der Waals surface area contributed by atoms with Gasteiger partial charge < -0.3 is 18.8 Å². The molecule has 242 valence electrons. The first-order valence-corrected chi connectivity index (χ1v) is 16.3. The molecule has 3 heterocycles. The number of halogens is 1. The lowest BCUT2D eigenvalue weighted by Crippen LogP contribution is -2.40. The molecular weight excluding hydrogens is 629 g/mol. The molecule has 0 bridgehead atoms. The Hall–Kier alpha value is -5.48. The van der Waals surface area contributed by atoms with Gasteiger partial charge >= 0.3 is 5.97 Å².